The lowest BCUT2D eigenvalue weighted by Gasteiger charge is -2.09. The highest BCUT2D eigenvalue weighted by Gasteiger charge is 2.15. The molecule has 0 heterocycles. The average Bonchev–Trinajstić information content (AvgIpc) is 2.36. The van der Waals surface area contributed by atoms with Crippen LogP contribution in [0, 0.1) is 17.5 Å². The molecule has 2 rings (SSSR count). The van der Waals surface area contributed by atoms with Gasteiger partial charge in [0.2, 0.25) is 0 Å². The Balaban J connectivity index is 2.28. The number of rotatable bonds is 3. The molecule has 0 fully saturated rings. The van der Waals surface area contributed by atoms with E-state index in [1.54, 1.807) is 0 Å². The summed E-state index contributed by atoms with van der Waals surface area (Å²) in [5.41, 5.74) is -0.478. The maximum Gasteiger partial charge on any atom is 0.255 e. The number of carbonyl (C=O) groups is 1. The quantitative estimate of drug-likeness (QED) is 0.897. The molecule has 0 aliphatic heterocycles. The van der Waals surface area contributed by atoms with Gasteiger partial charge >= 0.3 is 0 Å². The van der Waals surface area contributed by atoms with E-state index in [0.717, 1.165) is 24.3 Å². The van der Waals surface area contributed by atoms with Gasteiger partial charge in [-0.05, 0) is 30.3 Å². The van der Waals surface area contributed by atoms with Crippen LogP contribution in [0.1, 0.15) is 10.4 Å². The zero-order chi connectivity index (χ0) is 15.6. The van der Waals surface area contributed by atoms with E-state index in [2.05, 4.69) is 10.6 Å². The second kappa shape index (κ2) is 6.05. The summed E-state index contributed by atoms with van der Waals surface area (Å²) in [6.07, 6.45) is 0. The molecule has 0 radical (unpaired) electrons. The normalized spacial score (nSPS) is 10.3. The molecule has 21 heavy (non-hydrogen) atoms. The highest BCUT2D eigenvalue weighted by Crippen LogP contribution is 2.22. The molecular weight excluding hydrogens is 305 g/mol. The lowest BCUT2D eigenvalue weighted by molar-refractivity contribution is 0.102. The molecule has 0 atom stereocenters. The van der Waals surface area contributed by atoms with Crippen molar-refractivity contribution in [1.29, 1.82) is 0 Å². The standard InChI is InChI=1S/C14H10ClF3N2O/c1-19-13-11(17)2-7(3-12(13)18)14(21)20-10-5-8(15)4-9(16)6-10/h2-6,19H,1H3,(H,20,21). The number of hydrogen-bond donors (Lipinski definition) is 2. The molecule has 110 valence electrons. The van der Waals surface area contributed by atoms with Gasteiger partial charge in [0.25, 0.3) is 5.91 Å². The number of anilines is 2. The molecule has 0 saturated carbocycles. The van der Waals surface area contributed by atoms with Crippen molar-refractivity contribution < 1.29 is 18.0 Å². The van der Waals surface area contributed by atoms with Gasteiger partial charge in [0.05, 0.1) is 0 Å². The summed E-state index contributed by atoms with van der Waals surface area (Å²) in [6, 6.07) is 5.18. The van der Waals surface area contributed by atoms with Crippen LogP contribution < -0.4 is 10.6 Å². The molecule has 0 aromatic heterocycles. The largest absolute Gasteiger partial charge is 0.383 e. The molecule has 0 spiro atoms. The third kappa shape index (κ3) is 3.46. The zero-order valence-corrected chi connectivity index (χ0v) is 11.6. The Labute approximate surface area is 123 Å². The molecule has 3 nitrogen and oxygen atoms in total. The van der Waals surface area contributed by atoms with Crippen molar-refractivity contribution in [2.24, 2.45) is 0 Å². The van der Waals surface area contributed by atoms with Crippen LogP contribution in [-0.2, 0) is 0 Å². The maximum absolute atomic E-state index is 13.6. The van der Waals surface area contributed by atoms with Gasteiger partial charge in [-0.25, -0.2) is 13.2 Å². The Morgan fingerprint density at radius 1 is 1.05 bits per heavy atom. The maximum atomic E-state index is 13.6. The Morgan fingerprint density at radius 3 is 2.19 bits per heavy atom. The first-order valence-electron chi connectivity index (χ1n) is 5.85. The van der Waals surface area contributed by atoms with Gasteiger partial charge in [0.1, 0.15) is 23.1 Å². The van der Waals surface area contributed by atoms with Crippen LogP contribution in [-0.4, -0.2) is 13.0 Å². The molecule has 2 N–H and O–H groups in total. The van der Waals surface area contributed by atoms with Crippen LogP contribution in [0.5, 0.6) is 0 Å². The topological polar surface area (TPSA) is 41.1 Å². The fraction of sp³-hybridized carbons (Fsp3) is 0.0714. The van der Waals surface area contributed by atoms with Gasteiger partial charge in [0, 0.05) is 23.3 Å². The highest BCUT2D eigenvalue weighted by molar-refractivity contribution is 6.31. The summed E-state index contributed by atoms with van der Waals surface area (Å²) in [5.74, 6) is -3.22. The molecule has 0 aliphatic carbocycles. The minimum Gasteiger partial charge on any atom is -0.383 e. The minimum atomic E-state index is -0.903. The highest BCUT2D eigenvalue weighted by atomic mass is 35.5. The summed E-state index contributed by atoms with van der Waals surface area (Å²) in [6.45, 7) is 0. The Morgan fingerprint density at radius 2 is 1.67 bits per heavy atom. The van der Waals surface area contributed by atoms with Gasteiger partial charge in [-0.3, -0.25) is 4.79 Å². The molecule has 7 heteroatoms. The van der Waals surface area contributed by atoms with Crippen LogP contribution in [0.4, 0.5) is 24.5 Å². The third-order valence-corrected chi connectivity index (χ3v) is 2.89. The summed E-state index contributed by atoms with van der Waals surface area (Å²) in [7, 11) is 1.36. The monoisotopic (exact) mass is 314 g/mol. The lowest BCUT2D eigenvalue weighted by Crippen LogP contribution is -2.13. The fourth-order valence-electron chi connectivity index (χ4n) is 1.77. The number of amides is 1. The Hall–Kier alpha value is -2.21. The van der Waals surface area contributed by atoms with Crippen molar-refractivity contribution in [3.05, 3.63) is 58.4 Å². The Kier molecular flexibility index (Phi) is 4.37. The van der Waals surface area contributed by atoms with Crippen LogP contribution in [0.25, 0.3) is 0 Å². The van der Waals surface area contributed by atoms with E-state index >= 15 is 0 Å². The first-order valence-corrected chi connectivity index (χ1v) is 6.22. The van der Waals surface area contributed by atoms with Gasteiger partial charge in [0.15, 0.2) is 0 Å². The van der Waals surface area contributed by atoms with Gasteiger partial charge in [-0.1, -0.05) is 11.6 Å². The van der Waals surface area contributed by atoms with E-state index in [4.69, 9.17) is 11.6 Å². The van der Waals surface area contributed by atoms with Crippen molar-refractivity contribution in [2.45, 2.75) is 0 Å². The van der Waals surface area contributed by atoms with Crippen molar-refractivity contribution in [3.63, 3.8) is 0 Å². The van der Waals surface area contributed by atoms with Gasteiger partial charge in [-0.15, -0.1) is 0 Å². The lowest BCUT2D eigenvalue weighted by atomic mass is 10.1. The first-order chi connectivity index (χ1) is 9.90. The smallest absolute Gasteiger partial charge is 0.255 e. The van der Waals surface area contributed by atoms with E-state index in [1.807, 2.05) is 0 Å². The van der Waals surface area contributed by atoms with Crippen molar-refractivity contribution in [1.82, 2.24) is 0 Å². The predicted molar refractivity (Wildman–Crippen MR) is 75.3 cm³/mol. The molecule has 0 saturated heterocycles. The molecular formula is C14H10ClF3N2O. The minimum absolute atomic E-state index is 0.0866. The second-order valence-corrected chi connectivity index (χ2v) is 4.61. The predicted octanol–water partition coefficient (Wildman–Crippen LogP) is 4.05. The summed E-state index contributed by atoms with van der Waals surface area (Å²) >= 11 is 5.65. The number of halogens is 4. The van der Waals surface area contributed by atoms with E-state index in [1.165, 1.54) is 13.1 Å². The first kappa shape index (κ1) is 15.2. The van der Waals surface area contributed by atoms with Crippen molar-refractivity contribution in [2.75, 3.05) is 17.7 Å². The molecule has 2 aromatic rings. The Bertz CT molecular complexity index is 663. The molecule has 0 unspecified atom stereocenters. The number of nitrogens with one attached hydrogen (secondary N) is 2. The average molecular weight is 315 g/mol. The fourth-order valence-corrected chi connectivity index (χ4v) is 1.99. The number of hydrogen-bond acceptors (Lipinski definition) is 2. The van der Waals surface area contributed by atoms with Crippen LogP contribution in [0.15, 0.2) is 30.3 Å². The summed E-state index contributed by atoms with van der Waals surface area (Å²) in [5, 5.41) is 4.75. The number of benzene rings is 2. The van der Waals surface area contributed by atoms with Gasteiger partial charge < -0.3 is 10.6 Å². The van der Waals surface area contributed by atoms with E-state index in [0.29, 0.717) is 0 Å². The summed E-state index contributed by atoms with van der Waals surface area (Å²) in [4.78, 5) is 11.9. The zero-order valence-electron chi connectivity index (χ0n) is 10.8. The van der Waals surface area contributed by atoms with E-state index < -0.39 is 23.4 Å². The second-order valence-electron chi connectivity index (χ2n) is 4.18. The summed E-state index contributed by atoms with van der Waals surface area (Å²) < 4.78 is 40.3. The SMILES string of the molecule is CNc1c(F)cc(C(=O)Nc2cc(F)cc(Cl)c2)cc1F. The van der Waals surface area contributed by atoms with Crippen LogP contribution >= 0.6 is 11.6 Å². The molecule has 0 aliphatic rings. The van der Waals surface area contributed by atoms with E-state index in [9.17, 15) is 18.0 Å². The van der Waals surface area contributed by atoms with Crippen molar-refractivity contribution >= 4 is 28.9 Å². The van der Waals surface area contributed by atoms with Crippen LogP contribution in [0.2, 0.25) is 5.02 Å². The molecule has 1 amide bonds. The van der Waals surface area contributed by atoms with Gasteiger partial charge in [-0.2, -0.15) is 0 Å². The molecule has 0 bridgehead atoms. The van der Waals surface area contributed by atoms with Crippen molar-refractivity contribution in [3.8, 4) is 0 Å². The van der Waals surface area contributed by atoms with Crippen LogP contribution in [0.3, 0.4) is 0 Å². The van der Waals surface area contributed by atoms with E-state index in [-0.39, 0.29) is 22.0 Å². The third-order valence-electron chi connectivity index (χ3n) is 2.67. The molecule has 2 aromatic carbocycles. The number of carbonyl (C=O) groups excluding carboxylic acids is 1.